The van der Waals surface area contributed by atoms with Crippen molar-refractivity contribution in [2.45, 2.75) is 26.7 Å². The van der Waals surface area contributed by atoms with E-state index in [1.807, 2.05) is 13.0 Å². The Bertz CT molecular complexity index is 723. The lowest BCUT2D eigenvalue weighted by atomic mass is 9.97. The molecule has 21 heavy (non-hydrogen) atoms. The number of carbonyl (C=O) groups is 1. The number of carbonyl (C=O) groups excluding carboxylic acids is 1. The topological polar surface area (TPSA) is 84.1 Å². The number of ether oxygens (including phenoxy) is 1. The number of hydrogen-bond acceptors (Lipinski definition) is 5. The SMILES string of the molecule is CC1=C(C(=O)OCCC#N)Cc2c(c(C)cn(C)c2=O)N1. The van der Waals surface area contributed by atoms with Crippen molar-refractivity contribution in [3.63, 3.8) is 0 Å². The average molecular weight is 287 g/mol. The molecule has 0 spiro atoms. The lowest BCUT2D eigenvalue weighted by Crippen LogP contribution is -2.29. The fourth-order valence-electron chi connectivity index (χ4n) is 2.38. The van der Waals surface area contributed by atoms with E-state index in [4.69, 9.17) is 10.00 Å². The molecule has 0 radical (unpaired) electrons. The zero-order valence-electron chi connectivity index (χ0n) is 12.3. The van der Waals surface area contributed by atoms with Gasteiger partial charge in [0.1, 0.15) is 6.61 Å². The van der Waals surface area contributed by atoms with Crippen molar-refractivity contribution in [2.75, 3.05) is 11.9 Å². The molecule has 2 heterocycles. The second-order valence-corrected chi connectivity index (χ2v) is 5.03. The molecule has 6 heteroatoms. The van der Waals surface area contributed by atoms with Crippen molar-refractivity contribution >= 4 is 11.7 Å². The van der Waals surface area contributed by atoms with Crippen molar-refractivity contribution in [1.82, 2.24) is 4.57 Å². The maximum absolute atomic E-state index is 12.2. The van der Waals surface area contributed by atoms with Gasteiger partial charge >= 0.3 is 5.97 Å². The van der Waals surface area contributed by atoms with E-state index in [1.54, 1.807) is 20.2 Å². The van der Waals surface area contributed by atoms with Gasteiger partial charge in [-0.25, -0.2) is 4.79 Å². The molecule has 1 N–H and O–H groups in total. The van der Waals surface area contributed by atoms with Crippen molar-refractivity contribution in [2.24, 2.45) is 7.05 Å². The number of hydrogen-bond donors (Lipinski definition) is 1. The molecule has 0 aromatic carbocycles. The van der Waals surface area contributed by atoms with E-state index in [-0.39, 0.29) is 25.0 Å². The van der Waals surface area contributed by atoms with Crippen LogP contribution in [0.25, 0.3) is 0 Å². The maximum Gasteiger partial charge on any atom is 0.336 e. The van der Waals surface area contributed by atoms with E-state index >= 15 is 0 Å². The Hall–Kier alpha value is -2.55. The van der Waals surface area contributed by atoms with E-state index in [0.29, 0.717) is 16.8 Å². The monoisotopic (exact) mass is 287 g/mol. The van der Waals surface area contributed by atoms with E-state index in [9.17, 15) is 9.59 Å². The largest absolute Gasteiger partial charge is 0.461 e. The molecular weight excluding hydrogens is 270 g/mol. The van der Waals surface area contributed by atoms with Crippen LogP contribution in [0.1, 0.15) is 24.5 Å². The minimum absolute atomic E-state index is 0.0603. The lowest BCUT2D eigenvalue weighted by Gasteiger charge is -2.23. The molecule has 6 nitrogen and oxygen atoms in total. The van der Waals surface area contributed by atoms with E-state index in [1.165, 1.54) is 4.57 Å². The Balaban J connectivity index is 2.32. The van der Waals surface area contributed by atoms with Crippen LogP contribution in [0, 0.1) is 18.3 Å². The smallest absolute Gasteiger partial charge is 0.336 e. The van der Waals surface area contributed by atoms with Crippen LogP contribution in [0.2, 0.25) is 0 Å². The first kappa shape index (κ1) is 14.9. The number of anilines is 1. The predicted octanol–water partition coefficient (Wildman–Crippen LogP) is 1.39. The molecule has 110 valence electrons. The summed E-state index contributed by atoms with van der Waals surface area (Å²) in [6, 6.07) is 1.91. The Morgan fingerprint density at radius 3 is 2.90 bits per heavy atom. The number of fused-ring (bicyclic) bond motifs is 1. The summed E-state index contributed by atoms with van der Waals surface area (Å²) in [7, 11) is 1.69. The highest BCUT2D eigenvalue weighted by Gasteiger charge is 2.25. The Kier molecular flexibility index (Phi) is 4.13. The second-order valence-electron chi connectivity index (χ2n) is 5.03. The summed E-state index contributed by atoms with van der Waals surface area (Å²) >= 11 is 0. The second kappa shape index (κ2) is 5.83. The Morgan fingerprint density at radius 2 is 2.24 bits per heavy atom. The first-order valence-electron chi connectivity index (χ1n) is 6.65. The number of rotatable bonds is 3. The van der Waals surface area contributed by atoms with Gasteiger partial charge in [-0.05, 0) is 19.4 Å². The van der Waals surface area contributed by atoms with E-state index < -0.39 is 5.97 Å². The first-order valence-corrected chi connectivity index (χ1v) is 6.65. The molecule has 0 aliphatic carbocycles. The van der Waals surface area contributed by atoms with Crippen LogP contribution in [-0.4, -0.2) is 17.1 Å². The van der Waals surface area contributed by atoms with Crippen LogP contribution in [0.3, 0.4) is 0 Å². The third-order valence-corrected chi connectivity index (χ3v) is 3.47. The van der Waals surface area contributed by atoms with E-state index in [0.717, 1.165) is 11.3 Å². The fraction of sp³-hybridized carbons (Fsp3) is 0.400. The third kappa shape index (κ3) is 2.82. The zero-order chi connectivity index (χ0) is 15.6. The summed E-state index contributed by atoms with van der Waals surface area (Å²) in [6.07, 6.45) is 2.16. The Morgan fingerprint density at radius 1 is 1.52 bits per heavy atom. The van der Waals surface area contributed by atoms with Crippen LogP contribution in [0.15, 0.2) is 22.3 Å². The van der Waals surface area contributed by atoms with Crippen LogP contribution >= 0.6 is 0 Å². The summed E-state index contributed by atoms with van der Waals surface area (Å²) in [4.78, 5) is 24.2. The van der Waals surface area contributed by atoms with Gasteiger partial charge in [0.2, 0.25) is 0 Å². The quantitative estimate of drug-likeness (QED) is 0.671. The molecular formula is C15H17N3O3. The normalized spacial score (nSPS) is 13.2. The predicted molar refractivity (Wildman–Crippen MR) is 77.6 cm³/mol. The van der Waals surface area contributed by atoms with Crippen molar-refractivity contribution in [3.8, 4) is 6.07 Å². The molecule has 0 bridgehead atoms. The highest BCUT2D eigenvalue weighted by molar-refractivity contribution is 5.92. The number of nitrogens with zero attached hydrogens (tertiary/aromatic N) is 2. The molecule has 0 saturated carbocycles. The number of nitrogens with one attached hydrogen (secondary N) is 1. The number of nitriles is 1. The molecule has 2 rings (SSSR count). The average Bonchev–Trinajstić information content (AvgIpc) is 2.44. The van der Waals surface area contributed by atoms with Gasteiger partial charge < -0.3 is 14.6 Å². The van der Waals surface area contributed by atoms with Crippen LogP contribution < -0.4 is 10.9 Å². The van der Waals surface area contributed by atoms with Gasteiger partial charge in [0.25, 0.3) is 5.56 Å². The van der Waals surface area contributed by atoms with Crippen molar-refractivity contribution < 1.29 is 9.53 Å². The standard InChI is InChI=1S/C15H17N3O3/c1-9-8-18(3)14(19)12-7-11(10(2)17-13(9)12)15(20)21-6-4-5-16/h8,17H,4,6-7H2,1-3H3. The highest BCUT2D eigenvalue weighted by atomic mass is 16.5. The number of pyridine rings is 1. The molecule has 0 amide bonds. The summed E-state index contributed by atoms with van der Waals surface area (Å²) in [5.41, 5.74) is 3.27. The molecule has 0 fully saturated rings. The molecule has 1 aromatic rings. The maximum atomic E-state index is 12.2. The number of allylic oxidation sites excluding steroid dienone is 1. The number of aryl methyl sites for hydroxylation is 2. The van der Waals surface area contributed by atoms with Crippen molar-refractivity contribution in [1.29, 1.82) is 5.26 Å². The molecule has 0 saturated heterocycles. The van der Waals surface area contributed by atoms with Gasteiger partial charge in [-0.2, -0.15) is 5.26 Å². The fourth-order valence-corrected chi connectivity index (χ4v) is 2.38. The van der Waals surface area contributed by atoms with Gasteiger partial charge in [-0.1, -0.05) is 0 Å². The summed E-state index contributed by atoms with van der Waals surface area (Å²) < 4.78 is 6.55. The minimum Gasteiger partial charge on any atom is -0.461 e. The summed E-state index contributed by atoms with van der Waals surface area (Å²) in [5.74, 6) is -0.482. The lowest BCUT2D eigenvalue weighted by molar-refractivity contribution is -0.139. The van der Waals surface area contributed by atoms with Gasteiger partial charge in [0, 0.05) is 30.9 Å². The van der Waals surface area contributed by atoms with Crippen LogP contribution in [0.4, 0.5) is 5.69 Å². The third-order valence-electron chi connectivity index (χ3n) is 3.47. The minimum atomic E-state index is -0.482. The molecule has 1 aromatic heterocycles. The first-order chi connectivity index (χ1) is 9.95. The zero-order valence-corrected chi connectivity index (χ0v) is 12.3. The van der Waals surface area contributed by atoms with Crippen LogP contribution in [-0.2, 0) is 23.0 Å². The van der Waals surface area contributed by atoms with Crippen molar-refractivity contribution in [3.05, 3.63) is 38.9 Å². The van der Waals surface area contributed by atoms with Gasteiger partial charge in [-0.15, -0.1) is 0 Å². The van der Waals surface area contributed by atoms with E-state index in [2.05, 4.69) is 5.32 Å². The van der Waals surface area contributed by atoms with Crippen LogP contribution in [0.5, 0.6) is 0 Å². The molecule has 0 unspecified atom stereocenters. The van der Waals surface area contributed by atoms with Gasteiger partial charge in [0.15, 0.2) is 0 Å². The van der Waals surface area contributed by atoms with Gasteiger partial charge in [0.05, 0.1) is 23.8 Å². The molecule has 1 aliphatic heterocycles. The Labute approximate surface area is 122 Å². The van der Waals surface area contributed by atoms with Gasteiger partial charge in [-0.3, -0.25) is 4.79 Å². The summed E-state index contributed by atoms with van der Waals surface area (Å²) in [6.45, 7) is 3.75. The molecule has 0 atom stereocenters. The highest BCUT2D eigenvalue weighted by Crippen LogP contribution is 2.28. The number of esters is 1. The summed E-state index contributed by atoms with van der Waals surface area (Å²) in [5, 5.41) is 11.6. The number of aromatic nitrogens is 1. The molecule has 1 aliphatic rings.